The lowest BCUT2D eigenvalue weighted by Gasteiger charge is -2.26. The van der Waals surface area contributed by atoms with Crippen molar-refractivity contribution in [3.8, 4) is 5.75 Å². The number of phenols is 1. The van der Waals surface area contributed by atoms with E-state index in [1.54, 1.807) is 0 Å². The van der Waals surface area contributed by atoms with Crippen LogP contribution in [0.1, 0.15) is 24.6 Å². The maximum Gasteiger partial charge on any atom is 0.326 e. The van der Waals surface area contributed by atoms with Gasteiger partial charge in [0.05, 0.1) is 24.9 Å². The molecule has 0 radical (unpaired) electrons. The monoisotopic (exact) mass is 534 g/mol. The van der Waals surface area contributed by atoms with Gasteiger partial charge in [-0.05, 0) is 24.6 Å². The standard InChI is InChI=1S/C23H30N6O9/c1-11(30)19(22(36)28-17(23(37)38)8-18(32)33)29-21(35)16(6-12-2-4-14(31)5-3-12)27-20(34)15(24)7-13-9-25-10-26-13/h2-5,9-11,15-17,19,30-31H,6-8,24H2,1H3,(H,25,26)(H,27,34)(H,28,36)(H,29,35)(H,32,33)(H,37,38). The number of carboxylic acids is 2. The molecule has 0 aliphatic rings. The maximum absolute atomic E-state index is 13.2. The Morgan fingerprint density at radius 1 is 0.947 bits per heavy atom. The first kappa shape index (κ1) is 29.7. The van der Waals surface area contributed by atoms with Crippen LogP contribution in [0.5, 0.6) is 5.75 Å². The Bertz CT molecular complexity index is 1120. The molecule has 5 atom stereocenters. The van der Waals surface area contributed by atoms with Crippen LogP contribution in [0.4, 0.5) is 0 Å². The molecule has 1 aromatic carbocycles. The highest BCUT2D eigenvalue weighted by atomic mass is 16.4. The molecule has 5 unspecified atom stereocenters. The molecular formula is C23H30N6O9. The summed E-state index contributed by atoms with van der Waals surface area (Å²) in [6.45, 7) is 1.16. The van der Waals surface area contributed by atoms with Gasteiger partial charge >= 0.3 is 11.9 Å². The summed E-state index contributed by atoms with van der Waals surface area (Å²) in [7, 11) is 0. The molecular weight excluding hydrogens is 504 g/mol. The number of amides is 3. The lowest BCUT2D eigenvalue weighted by atomic mass is 10.0. The van der Waals surface area contributed by atoms with Gasteiger partial charge in [0.2, 0.25) is 17.7 Å². The van der Waals surface area contributed by atoms with E-state index in [4.69, 9.17) is 10.8 Å². The number of carbonyl (C=O) groups excluding carboxylic acids is 3. The van der Waals surface area contributed by atoms with Crippen molar-refractivity contribution >= 4 is 29.7 Å². The van der Waals surface area contributed by atoms with Gasteiger partial charge in [-0.25, -0.2) is 9.78 Å². The predicted octanol–water partition coefficient (Wildman–Crippen LogP) is -2.38. The molecule has 0 saturated heterocycles. The molecule has 15 heteroatoms. The number of nitrogens with two attached hydrogens (primary N) is 1. The quantitative estimate of drug-likeness (QED) is 0.124. The highest BCUT2D eigenvalue weighted by molar-refractivity contribution is 5.95. The van der Waals surface area contributed by atoms with Gasteiger partial charge in [0.25, 0.3) is 0 Å². The summed E-state index contributed by atoms with van der Waals surface area (Å²) in [5.41, 5.74) is 7.06. The number of aromatic amines is 1. The number of phenolic OH excluding ortho intramolecular Hbond substituents is 1. The Balaban J connectivity index is 2.21. The number of aromatic hydroxyl groups is 1. The lowest BCUT2D eigenvalue weighted by Crippen LogP contribution is -2.60. The SMILES string of the molecule is CC(O)C(NC(=O)C(Cc1ccc(O)cc1)NC(=O)C(N)Cc1cnc[nH]1)C(=O)NC(CC(=O)O)C(=O)O. The van der Waals surface area contributed by atoms with E-state index in [9.17, 15) is 39.3 Å². The number of hydrogen-bond donors (Lipinski definition) is 9. The number of carbonyl (C=O) groups is 5. The van der Waals surface area contributed by atoms with Crippen molar-refractivity contribution in [3.05, 3.63) is 48.0 Å². The van der Waals surface area contributed by atoms with Crippen molar-refractivity contribution in [2.24, 2.45) is 5.73 Å². The van der Waals surface area contributed by atoms with E-state index >= 15 is 0 Å². The fourth-order valence-electron chi connectivity index (χ4n) is 3.38. The van der Waals surface area contributed by atoms with E-state index in [1.807, 2.05) is 5.32 Å². The number of H-pyrrole nitrogens is 1. The van der Waals surface area contributed by atoms with E-state index < -0.39 is 66.4 Å². The third-order valence-electron chi connectivity index (χ3n) is 5.40. The summed E-state index contributed by atoms with van der Waals surface area (Å²) in [5.74, 6) is -5.90. The lowest BCUT2D eigenvalue weighted by molar-refractivity contribution is -0.148. The smallest absolute Gasteiger partial charge is 0.326 e. The van der Waals surface area contributed by atoms with Crippen LogP contribution in [0.3, 0.4) is 0 Å². The number of carboxylic acid groups (broad SMARTS) is 2. The number of hydrogen-bond acceptors (Lipinski definition) is 9. The Labute approximate surface area is 216 Å². The molecule has 0 aliphatic heterocycles. The van der Waals surface area contributed by atoms with E-state index in [0.717, 1.165) is 6.92 Å². The normalized spacial score (nSPS) is 14.8. The van der Waals surface area contributed by atoms with Crippen molar-refractivity contribution in [2.75, 3.05) is 0 Å². The second kappa shape index (κ2) is 13.7. The van der Waals surface area contributed by atoms with Crippen LogP contribution in [-0.4, -0.2) is 90.3 Å². The third-order valence-corrected chi connectivity index (χ3v) is 5.40. The van der Waals surface area contributed by atoms with Crippen LogP contribution < -0.4 is 21.7 Å². The Kier molecular flexibility index (Phi) is 10.7. The van der Waals surface area contributed by atoms with Gasteiger partial charge in [-0.15, -0.1) is 0 Å². The van der Waals surface area contributed by atoms with E-state index in [1.165, 1.54) is 36.8 Å². The minimum absolute atomic E-state index is 0.0273. The number of aliphatic carboxylic acids is 2. The van der Waals surface area contributed by atoms with Crippen molar-refractivity contribution in [2.45, 2.75) is 56.5 Å². The topological polar surface area (TPSA) is 257 Å². The number of nitrogens with one attached hydrogen (secondary N) is 4. The predicted molar refractivity (Wildman–Crippen MR) is 129 cm³/mol. The molecule has 0 spiro atoms. The zero-order valence-corrected chi connectivity index (χ0v) is 20.3. The number of rotatable bonds is 14. The third kappa shape index (κ3) is 9.18. The molecule has 38 heavy (non-hydrogen) atoms. The Morgan fingerprint density at radius 3 is 2.11 bits per heavy atom. The number of aliphatic hydroxyl groups excluding tert-OH is 1. The second-order valence-electron chi connectivity index (χ2n) is 8.54. The number of nitrogens with zero attached hydrogens (tertiary/aromatic N) is 1. The molecule has 1 aromatic heterocycles. The highest BCUT2D eigenvalue weighted by Gasteiger charge is 2.33. The van der Waals surface area contributed by atoms with Crippen molar-refractivity contribution in [1.82, 2.24) is 25.9 Å². The van der Waals surface area contributed by atoms with E-state index in [-0.39, 0.29) is 18.6 Å². The first-order valence-electron chi connectivity index (χ1n) is 11.4. The fourth-order valence-corrected chi connectivity index (χ4v) is 3.38. The second-order valence-corrected chi connectivity index (χ2v) is 8.54. The average molecular weight is 535 g/mol. The van der Waals surface area contributed by atoms with Crippen LogP contribution in [0.25, 0.3) is 0 Å². The zero-order chi connectivity index (χ0) is 28.4. The van der Waals surface area contributed by atoms with Gasteiger partial charge in [0.1, 0.15) is 23.9 Å². The highest BCUT2D eigenvalue weighted by Crippen LogP contribution is 2.12. The van der Waals surface area contributed by atoms with Crippen molar-refractivity contribution < 1.29 is 44.4 Å². The number of aliphatic hydroxyl groups is 1. The first-order chi connectivity index (χ1) is 17.9. The molecule has 2 rings (SSSR count). The van der Waals surface area contributed by atoms with Gasteiger partial charge in [-0.1, -0.05) is 12.1 Å². The molecule has 0 fully saturated rings. The Hall–Kier alpha value is -4.50. The molecule has 0 aliphatic carbocycles. The molecule has 1 heterocycles. The largest absolute Gasteiger partial charge is 0.508 e. The van der Waals surface area contributed by atoms with Gasteiger partial charge in [-0.3, -0.25) is 19.2 Å². The zero-order valence-electron chi connectivity index (χ0n) is 20.3. The summed E-state index contributed by atoms with van der Waals surface area (Å²) in [6.07, 6.45) is 0.417. The van der Waals surface area contributed by atoms with Gasteiger partial charge in [-0.2, -0.15) is 0 Å². The summed E-state index contributed by atoms with van der Waals surface area (Å²) in [4.78, 5) is 67.5. The van der Waals surface area contributed by atoms with Crippen LogP contribution in [0, 0.1) is 0 Å². The van der Waals surface area contributed by atoms with E-state index in [2.05, 4.69) is 20.6 Å². The number of imidazole rings is 1. The minimum Gasteiger partial charge on any atom is -0.508 e. The van der Waals surface area contributed by atoms with Crippen molar-refractivity contribution in [1.29, 1.82) is 0 Å². The molecule has 2 aromatic rings. The molecule has 0 saturated carbocycles. The molecule has 0 bridgehead atoms. The summed E-state index contributed by atoms with van der Waals surface area (Å²) in [5, 5.41) is 44.4. The minimum atomic E-state index is -1.81. The van der Waals surface area contributed by atoms with Crippen LogP contribution in [0.15, 0.2) is 36.8 Å². The van der Waals surface area contributed by atoms with Crippen LogP contribution in [0.2, 0.25) is 0 Å². The summed E-state index contributed by atoms with van der Waals surface area (Å²) >= 11 is 0. The van der Waals surface area contributed by atoms with Crippen molar-refractivity contribution in [3.63, 3.8) is 0 Å². The summed E-state index contributed by atoms with van der Waals surface area (Å²) < 4.78 is 0. The van der Waals surface area contributed by atoms with Gasteiger partial charge < -0.3 is 47.1 Å². The maximum atomic E-state index is 13.2. The number of aromatic nitrogens is 2. The first-order valence-corrected chi connectivity index (χ1v) is 11.4. The fraction of sp³-hybridized carbons (Fsp3) is 0.391. The van der Waals surface area contributed by atoms with Crippen LogP contribution in [-0.2, 0) is 36.8 Å². The Morgan fingerprint density at radius 2 is 1.58 bits per heavy atom. The van der Waals surface area contributed by atoms with E-state index in [0.29, 0.717) is 11.3 Å². The van der Waals surface area contributed by atoms with Gasteiger partial charge in [0.15, 0.2) is 0 Å². The molecule has 10 N–H and O–H groups in total. The number of benzene rings is 1. The average Bonchev–Trinajstić information content (AvgIpc) is 3.35. The molecule has 206 valence electrons. The van der Waals surface area contributed by atoms with Gasteiger partial charge in [0, 0.05) is 24.7 Å². The molecule has 15 nitrogen and oxygen atoms in total. The van der Waals surface area contributed by atoms with Crippen LogP contribution >= 0.6 is 0 Å². The molecule has 3 amide bonds. The summed E-state index contributed by atoms with van der Waals surface area (Å²) in [6, 6.07) is -0.116.